The van der Waals surface area contributed by atoms with Gasteiger partial charge in [-0.3, -0.25) is 4.72 Å². The van der Waals surface area contributed by atoms with Gasteiger partial charge in [0.25, 0.3) is 10.0 Å². The minimum absolute atomic E-state index is 0.00443. The topological polar surface area (TPSA) is 77.1 Å². The molecule has 0 fully saturated rings. The molecule has 0 atom stereocenters. The fraction of sp³-hybridized carbons (Fsp3) is 0.231. The number of aromatic nitrogens is 1. The van der Waals surface area contributed by atoms with Crippen molar-refractivity contribution in [1.29, 1.82) is 0 Å². The fourth-order valence-electron chi connectivity index (χ4n) is 1.92. The van der Waals surface area contributed by atoms with E-state index in [4.69, 9.17) is 17.3 Å². The highest BCUT2D eigenvalue weighted by Gasteiger charge is 2.19. The molecule has 1 aromatic heterocycles. The SMILES string of the molecule is CCn1cc(S(=O)(=O)Nc2cc(F)ccc2Cl)cc1CN. The standard InChI is InChI=1S/C13H15ClFN3O2S/c1-2-18-8-11(6-10(18)7-16)21(19,20)17-13-5-9(15)3-4-12(13)14/h3-6,8,17H,2,7,16H2,1H3. The van der Waals surface area contributed by atoms with Crippen molar-refractivity contribution in [2.75, 3.05) is 4.72 Å². The van der Waals surface area contributed by atoms with E-state index in [1.54, 1.807) is 4.57 Å². The second kappa shape index (κ2) is 6.05. The van der Waals surface area contributed by atoms with E-state index < -0.39 is 15.8 Å². The summed E-state index contributed by atoms with van der Waals surface area (Å²) in [7, 11) is -3.85. The maximum absolute atomic E-state index is 13.2. The van der Waals surface area contributed by atoms with Gasteiger partial charge in [-0.05, 0) is 31.2 Å². The second-order valence-corrected chi connectivity index (χ2v) is 6.48. The quantitative estimate of drug-likeness (QED) is 0.884. The van der Waals surface area contributed by atoms with Gasteiger partial charge in [-0.2, -0.15) is 0 Å². The van der Waals surface area contributed by atoms with Crippen LogP contribution in [0.15, 0.2) is 35.4 Å². The van der Waals surface area contributed by atoms with Gasteiger partial charge in [0.15, 0.2) is 0 Å². The molecule has 1 aromatic carbocycles. The zero-order valence-electron chi connectivity index (χ0n) is 11.3. The number of hydrogen-bond acceptors (Lipinski definition) is 3. The van der Waals surface area contributed by atoms with Gasteiger partial charge in [0, 0.05) is 25.0 Å². The lowest BCUT2D eigenvalue weighted by molar-refractivity contribution is 0.600. The van der Waals surface area contributed by atoms with E-state index in [0.717, 1.165) is 12.1 Å². The summed E-state index contributed by atoms with van der Waals surface area (Å²) in [5, 5.41) is 0.119. The molecule has 2 aromatic rings. The Morgan fingerprint density at radius 1 is 1.38 bits per heavy atom. The van der Waals surface area contributed by atoms with Crippen LogP contribution in [0.2, 0.25) is 5.02 Å². The zero-order valence-corrected chi connectivity index (χ0v) is 12.9. The summed E-state index contributed by atoms with van der Waals surface area (Å²) in [6.07, 6.45) is 1.48. The largest absolute Gasteiger partial charge is 0.349 e. The summed E-state index contributed by atoms with van der Waals surface area (Å²) in [4.78, 5) is 0.0603. The van der Waals surface area contributed by atoms with Crippen LogP contribution < -0.4 is 10.5 Å². The highest BCUT2D eigenvalue weighted by molar-refractivity contribution is 7.92. The van der Waals surface area contributed by atoms with E-state index in [2.05, 4.69) is 4.72 Å². The van der Waals surface area contributed by atoms with E-state index in [1.807, 2.05) is 6.92 Å². The van der Waals surface area contributed by atoms with Crippen LogP contribution in [0.25, 0.3) is 0 Å². The fourth-order valence-corrected chi connectivity index (χ4v) is 3.27. The molecule has 0 spiro atoms. The lowest BCUT2D eigenvalue weighted by Crippen LogP contribution is -2.12. The Kier molecular flexibility index (Phi) is 4.55. The average molecular weight is 332 g/mol. The third-order valence-corrected chi connectivity index (χ3v) is 4.66. The van der Waals surface area contributed by atoms with Crippen molar-refractivity contribution in [2.24, 2.45) is 5.73 Å². The predicted molar refractivity (Wildman–Crippen MR) is 80.2 cm³/mol. The van der Waals surface area contributed by atoms with Crippen LogP contribution in [-0.4, -0.2) is 13.0 Å². The molecule has 0 saturated heterocycles. The first-order valence-electron chi connectivity index (χ1n) is 6.24. The molecule has 0 aliphatic rings. The molecule has 0 radical (unpaired) electrons. The molecule has 0 saturated carbocycles. The van der Waals surface area contributed by atoms with Crippen molar-refractivity contribution in [1.82, 2.24) is 4.57 Å². The predicted octanol–water partition coefficient (Wildman–Crippen LogP) is 2.56. The molecule has 1 heterocycles. The van der Waals surface area contributed by atoms with Crippen molar-refractivity contribution in [3.63, 3.8) is 0 Å². The van der Waals surface area contributed by atoms with E-state index in [0.29, 0.717) is 12.2 Å². The maximum atomic E-state index is 13.2. The van der Waals surface area contributed by atoms with Crippen LogP contribution in [0, 0.1) is 5.82 Å². The summed E-state index contributed by atoms with van der Waals surface area (Å²) in [6.45, 7) is 2.71. The number of benzene rings is 1. The molecular weight excluding hydrogens is 317 g/mol. The van der Waals surface area contributed by atoms with Crippen molar-refractivity contribution in [2.45, 2.75) is 24.9 Å². The van der Waals surface area contributed by atoms with Gasteiger partial charge in [-0.25, -0.2) is 12.8 Å². The number of rotatable bonds is 5. The van der Waals surface area contributed by atoms with Crippen molar-refractivity contribution in [3.8, 4) is 0 Å². The molecule has 5 nitrogen and oxygen atoms in total. The Morgan fingerprint density at radius 2 is 2.10 bits per heavy atom. The molecule has 114 valence electrons. The van der Waals surface area contributed by atoms with Crippen molar-refractivity contribution in [3.05, 3.63) is 47.0 Å². The number of aryl methyl sites for hydroxylation is 1. The molecule has 0 aliphatic carbocycles. The van der Waals surface area contributed by atoms with Gasteiger partial charge in [0.2, 0.25) is 0 Å². The first kappa shape index (κ1) is 15.8. The maximum Gasteiger partial charge on any atom is 0.263 e. The number of nitrogens with one attached hydrogen (secondary N) is 1. The number of sulfonamides is 1. The molecule has 0 aliphatic heterocycles. The van der Waals surface area contributed by atoms with Gasteiger partial charge in [0.05, 0.1) is 10.7 Å². The lowest BCUT2D eigenvalue weighted by Gasteiger charge is -2.08. The Morgan fingerprint density at radius 3 is 2.67 bits per heavy atom. The summed E-state index contributed by atoms with van der Waals surface area (Å²) >= 11 is 5.86. The van der Waals surface area contributed by atoms with Crippen LogP contribution in [0.4, 0.5) is 10.1 Å². The summed E-state index contributed by atoms with van der Waals surface area (Å²) in [5.41, 5.74) is 6.27. The van der Waals surface area contributed by atoms with E-state index >= 15 is 0 Å². The molecule has 8 heteroatoms. The van der Waals surface area contributed by atoms with E-state index in [-0.39, 0.29) is 22.2 Å². The monoisotopic (exact) mass is 331 g/mol. The Bertz CT molecular complexity index is 737. The number of hydrogen-bond donors (Lipinski definition) is 2. The van der Waals surface area contributed by atoms with Crippen molar-refractivity contribution >= 4 is 27.3 Å². The van der Waals surface area contributed by atoms with Gasteiger partial charge in [-0.1, -0.05) is 11.6 Å². The Balaban J connectivity index is 2.38. The van der Waals surface area contributed by atoms with E-state index in [1.165, 1.54) is 18.3 Å². The zero-order chi connectivity index (χ0) is 15.6. The van der Waals surface area contributed by atoms with Crippen LogP contribution in [0.3, 0.4) is 0 Å². The van der Waals surface area contributed by atoms with Crippen LogP contribution >= 0.6 is 11.6 Å². The molecule has 0 bridgehead atoms. The van der Waals surface area contributed by atoms with Crippen LogP contribution in [-0.2, 0) is 23.1 Å². The van der Waals surface area contributed by atoms with Crippen LogP contribution in [0.1, 0.15) is 12.6 Å². The summed E-state index contributed by atoms with van der Waals surface area (Å²) < 4.78 is 41.8. The average Bonchev–Trinajstić information content (AvgIpc) is 2.86. The highest BCUT2D eigenvalue weighted by Crippen LogP contribution is 2.26. The normalized spacial score (nSPS) is 11.6. The molecule has 21 heavy (non-hydrogen) atoms. The van der Waals surface area contributed by atoms with Crippen LogP contribution in [0.5, 0.6) is 0 Å². The second-order valence-electron chi connectivity index (χ2n) is 4.39. The van der Waals surface area contributed by atoms with Gasteiger partial charge >= 0.3 is 0 Å². The molecule has 2 rings (SSSR count). The highest BCUT2D eigenvalue weighted by atomic mass is 35.5. The minimum Gasteiger partial charge on any atom is -0.349 e. The smallest absolute Gasteiger partial charge is 0.263 e. The number of nitrogens with zero attached hydrogens (tertiary/aromatic N) is 1. The molecular formula is C13H15ClFN3O2S. The number of halogens is 2. The minimum atomic E-state index is -3.85. The first-order valence-corrected chi connectivity index (χ1v) is 8.10. The van der Waals surface area contributed by atoms with Gasteiger partial charge < -0.3 is 10.3 Å². The van der Waals surface area contributed by atoms with E-state index in [9.17, 15) is 12.8 Å². The van der Waals surface area contributed by atoms with Crippen molar-refractivity contribution < 1.29 is 12.8 Å². The third-order valence-electron chi connectivity index (χ3n) is 2.99. The number of nitrogens with two attached hydrogens (primary N) is 1. The third kappa shape index (κ3) is 3.37. The van der Waals surface area contributed by atoms with Gasteiger partial charge in [-0.15, -0.1) is 0 Å². The molecule has 0 unspecified atom stereocenters. The molecule has 0 amide bonds. The first-order chi connectivity index (χ1) is 9.87. The number of anilines is 1. The summed E-state index contributed by atoms with van der Waals surface area (Å²) in [6, 6.07) is 4.96. The summed E-state index contributed by atoms with van der Waals surface area (Å²) in [5.74, 6) is -0.578. The van der Waals surface area contributed by atoms with Gasteiger partial charge in [0.1, 0.15) is 10.7 Å². The lowest BCUT2D eigenvalue weighted by atomic mass is 10.3. The Hall–Kier alpha value is -1.57. The molecule has 3 N–H and O–H groups in total. The Labute approximate surface area is 127 Å².